The third-order valence-corrected chi connectivity index (χ3v) is 4.95. The molecular weight excluding hydrogens is 276 g/mol. The van der Waals surface area contributed by atoms with Gasteiger partial charge in [0, 0.05) is 13.2 Å². The summed E-state index contributed by atoms with van der Waals surface area (Å²) in [5, 5.41) is 3.12. The molecule has 1 unspecified atom stereocenters. The van der Waals surface area contributed by atoms with Crippen LogP contribution in [0.3, 0.4) is 0 Å². The molecule has 22 heavy (non-hydrogen) atoms. The first kappa shape index (κ1) is 17.7. The molecule has 0 radical (unpaired) electrons. The Morgan fingerprint density at radius 2 is 1.91 bits per heavy atom. The van der Waals surface area contributed by atoms with Crippen molar-refractivity contribution >= 4 is 5.91 Å². The van der Waals surface area contributed by atoms with E-state index < -0.39 is 0 Å². The van der Waals surface area contributed by atoms with Gasteiger partial charge in [-0.05, 0) is 51.6 Å². The van der Waals surface area contributed by atoms with E-state index >= 15 is 0 Å². The molecule has 2 fully saturated rings. The highest BCUT2D eigenvalue weighted by atomic mass is 16.5. The van der Waals surface area contributed by atoms with Gasteiger partial charge < -0.3 is 10.1 Å². The number of carbonyl (C=O) groups excluding carboxylic acids is 1. The number of hydrogen-bond donors (Lipinski definition) is 1. The van der Waals surface area contributed by atoms with Crippen LogP contribution in [0.25, 0.3) is 0 Å². The molecule has 1 saturated carbocycles. The Kier molecular flexibility index (Phi) is 8.24. The van der Waals surface area contributed by atoms with Gasteiger partial charge in [0.15, 0.2) is 0 Å². The standard InChI is InChI=1S/C18H34N2O2/c1-2-13-20-14-7-6-11-17(20)18(21)19-12-8-15-22-16-9-4-3-5-10-16/h16-17H,2-15H2,1H3,(H,19,21). The van der Waals surface area contributed by atoms with E-state index in [1.807, 2.05) is 0 Å². The smallest absolute Gasteiger partial charge is 0.237 e. The summed E-state index contributed by atoms with van der Waals surface area (Å²) in [5.41, 5.74) is 0. The highest BCUT2D eigenvalue weighted by Gasteiger charge is 2.27. The maximum absolute atomic E-state index is 12.4. The van der Waals surface area contributed by atoms with Crippen LogP contribution in [-0.2, 0) is 9.53 Å². The fraction of sp³-hybridized carbons (Fsp3) is 0.944. The van der Waals surface area contributed by atoms with Gasteiger partial charge in [-0.2, -0.15) is 0 Å². The first-order valence-corrected chi connectivity index (χ1v) is 9.44. The zero-order valence-corrected chi connectivity index (χ0v) is 14.3. The van der Waals surface area contributed by atoms with Crippen molar-refractivity contribution in [2.75, 3.05) is 26.2 Å². The van der Waals surface area contributed by atoms with Crippen molar-refractivity contribution < 1.29 is 9.53 Å². The monoisotopic (exact) mass is 310 g/mol. The van der Waals surface area contributed by atoms with E-state index in [4.69, 9.17) is 4.74 Å². The number of rotatable bonds is 8. The minimum atomic E-state index is 0.105. The van der Waals surface area contributed by atoms with Gasteiger partial charge in [0.05, 0.1) is 12.1 Å². The Bertz CT molecular complexity index is 314. The van der Waals surface area contributed by atoms with Crippen LogP contribution in [-0.4, -0.2) is 49.2 Å². The number of ether oxygens (including phenoxy) is 1. The van der Waals surface area contributed by atoms with Crippen LogP contribution in [0.1, 0.15) is 71.1 Å². The molecule has 1 aliphatic heterocycles. The molecule has 1 atom stereocenters. The third-order valence-electron chi connectivity index (χ3n) is 4.95. The molecule has 0 aromatic heterocycles. The summed E-state index contributed by atoms with van der Waals surface area (Å²) in [6.07, 6.45) is 12.4. The van der Waals surface area contributed by atoms with E-state index in [-0.39, 0.29) is 11.9 Å². The first-order valence-electron chi connectivity index (χ1n) is 9.44. The second kappa shape index (κ2) is 10.2. The zero-order chi connectivity index (χ0) is 15.6. The van der Waals surface area contributed by atoms with Crippen LogP contribution in [0, 0.1) is 0 Å². The van der Waals surface area contributed by atoms with E-state index in [0.717, 1.165) is 45.5 Å². The maximum Gasteiger partial charge on any atom is 0.237 e. The number of likely N-dealkylation sites (tertiary alicyclic amines) is 1. The van der Waals surface area contributed by atoms with Gasteiger partial charge in [-0.3, -0.25) is 9.69 Å². The number of amides is 1. The predicted molar refractivity (Wildman–Crippen MR) is 90.0 cm³/mol. The molecule has 4 nitrogen and oxygen atoms in total. The van der Waals surface area contributed by atoms with Crippen LogP contribution >= 0.6 is 0 Å². The van der Waals surface area contributed by atoms with Gasteiger partial charge in [0.1, 0.15) is 0 Å². The Balaban J connectivity index is 1.58. The molecule has 4 heteroatoms. The lowest BCUT2D eigenvalue weighted by molar-refractivity contribution is -0.127. The summed E-state index contributed by atoms with van der Waals surface area (Å²) in [6, 6.07) is 0.105. The van der Waals surface area contributed by atoms with Gasteiger partial charge in [0.2, 0.25) is 5.91 Å². The van der Waals surface area contributed by atoms with Gasteiger partial charge >= 0.3 is 0 Å². The Labute approximate surface area is 136 Å². The number of nitrogens with zero attached hydrogens (tertiary/aromatic N) is 1. The SMILES string of the molecule is CCCN1CCCCC1C(=O)NCCCOC1CCCCC1. The van der Waals surface area contributed by atoms with Crippen LogP contribution in [0.15, 0.2) is 0 Å². The summed E-state index contributed by atoms with van der Waals surface area (Å²) in [4.78, 5) is 14.7. The van der Waals surface area contributed by atoms with Crippen molar-refractivity contribution in [3.63, 3.8) is 0 Å². The van der Waals surface area contributed by atoms with Crippen molar-refractivity contribution in [2.24, 2.45) is 0 Å². The minimum absolute atomic E-state index is 0.105. The lowest BCUT2D eigenvalue weighted by atomic mass is 9.98. The van der Waals surface area contributed by atoms with E-state index in [9.17, 15) is 4.79 Å². The zero-order valence-electron chi connectivity index (χ0n) is 14.3. The molecular formula is C18H34N2O2. The summed E-state index contributed by atoms with van der Waals surface area (Å²) in [7, 11) is 0. The van der Waals surface area contributed by atoms with Crippen molar-refractivity contribution in [1.82, 2.24) is 10.2 Å². The molecule has 1 N–H and O–H groups in total. The van der Waals surface area contributed by atoms with E-state index in [1.165, 1.54) is 44.9 Å². The molecule has 1 heterocycles. The quantitative estimate of drug-likeness (QED) is 0.700. The minimum Gasteiger partial charge on any atom is -0.378 e. The van der Waals surface area contributed by atoms with E-state index in [2.05, 4.69) is 17.1 Å². The fourth-order valence-electron chi connectivity index (χ4n) is 3.73. The summed E-state index contributed by atoms with van der Waals surface area (Å²) in [5.74, 6) is 0.228. The topological polar surface area (TPSA) is 41.6 Å². The summed E-state index contributed by atoms with van der Waals surface area (Å²) >= 11 is 0. The van der Waals surface area contributed by atoms with Crippen LogP contribution in [0.4, 0.5) is 0 Å². The van der Waals surface area contributed by atoms with Gasteiger partial charge in [-0.1, -0.05) is 32.6 Å². The third kappa shape index (κ3) is 5.88. The molecule has 1 amide bonds. The molecule has 1 aliphatic carbocycles. The van der Waals surface area contributed by atoms with Crippen molar-refractivity contribution in [2.45, 2.75) is 83.3 Å². The van der Waals surface area contributed by atoms with Gasteiger partial charge in [0.25, 0.3) is 0 Å². The molecule has 0 aromatic carbocycles. The molecule has 0 spiro atoms. The lowest BCUT2D eigenvalue weighted by Gasteiger charge is -2.34. The van der Waals surface area contributed by atoms with Gasteiger partial charge in [-0.25, -0.2) is 0 Å². The Morgan fingerprint density at radius 1 is 1.14 bits per heavy atom. The largest absolute Gasteiger partial charge is 0.378 e. The van der Waals surface area contributed by atoms with Crippen molar-refractivity contribution in [1.29, 1.82) is 0 Å². The van der Waals surface area contributed by atoms with Crippen LogP contribution < -0.4 is 5.32 Å². The average Bonchev–Trinajstić information content (AvgIpc) is 2.56. The molecule has 2 aliphatic rings. The highest BCUT2D eigenvalue weighted by Crippen LogP contribution is 2.20. The summed E-state index contributed by atoms with van der Waals surface area (Å²) in [6.45, 7) is 5.85. The molecule has 1 saturated heterocycles. The van der Waals surface area contributed by atoms with Crippen LogP contribution in [0.5, 0.6) is 0 Å². The highest BCUT2D eigenvalue weighted by molar-refractivity contribution is 5.81. The Morgan fingerprint density at radius 3 is 2.68 bits per heavy atom. The number of nitrogens with one attached hydrogen (secondary N) is 1. The molecule has 0 bridgehead atoms. The Hall–Kier alpha value is -0.610. The average molecular weight is 310 g/mol. The van der Waals surface area contributed by atoms with Crippen molar-refractivity contribution in [3.8, 4) is 0 Å². The first-order chi connectivity index (χ1) is 10.8. The fourth-order valence-corrected chi connectivity index (χ4v) is 3.73. The predicted octanol–water partition coefficient (Wildman–Crippen LogP) is 3.11. The summed E-state index contributed by atoms with van der Waals surface area (Å²) < 4.78 is 5.91. The van der Waals surface area contributed by atoms with E-state index in [1.54, 1.807) is 0 Å². The van der Waals surface area contributed by atoms with E-state index in [0.29, 0.717) is 6.10 Å². The number of hydrogen-bond acceptors (Lipinski definition) is 3. The molecule has 128 valence electrons. The van der Waals surface area contributed by atoms with Crippen molar-refractivity contribution in [3.05, 3.63) is 0 Å². The second-order valence-corrected chi connectivity index (χ2v) is 6.82. The molecule has 0 aromatic rings. The van der Waals surface area contributed by atoms with Gasteiger partial charge in [-0.15, -0.1) is 0 Å². The lowest BCUT2D eigenvalue weighted by Crippen LogP contribution is -2.49. The number of carbonyl (C=O) groups is 1. The van der Waals surface area contributed by atoms with Crippen LogP contribution in [0.2, 0.25) is 0 Å². The maximum atomic E-state index is 12.4. The normalized spacial score (nSPS) is 24.3. The number of piperidine rings is 1. The second-order valence-electron chi connectivity index (χ2n) is 6.82. The molecule has 2 rings (SSSR count).